The van der Waals surface area contributed by atoms with Crippen molar-refractivity contribution in [2.45, 2.75) is 116 Å². The maximum absolute atomic E-state index is 11.3. The van der Waals surface area contributed by atoms with Gasteiger partial charge in [-0.1, -0.05) is 26.0 Å². The average Bonchev–Trinajstić information content (AvgIpc) is 3.03. The minimum absolute atomic E-state index is 0.0984. The van der Waals surface area contributed by atoms with Crippen molar-refractivity contribution >= 4 is 17.2 Å². The van der Waals surface area contributed by atoms with Crippen LogP contribution in [0.3, 0.4) is 0 Å². The average molecular weight is 478 g/mol. The second-order valence-electron chi connectivity index (χ2n) is 14.6. The Morgan fingerprint density at radius 2 is 1.60 bits per heavy atom. The van der Waals surface area contributed by atoms with Gasteiger partial charge in [-0.25, -0.2) is 0 Å². The maximum atomic E-state index is 11.3. The molecule has 3 N–H and O–H groups in total. The van der Waals surface area contributed by atoms with Crippen molar-refractivity contribution in [2.75, 3.05) is 10.6 Å². The fourth-order valence-electron chi connectivity index (χ4n) is 9.57. The highest BCUT2D eigenvalue weighted by Gasteiger charge is 2.64. The molecule has 5 aliphatic rings. The van der Waals surface area contributed by atoms with Crippen LogP contribution >= 0.6 is 0 Å². The minimum atomic E-state index is -0.486. The highest BCUT2D eigenvalue weighted by atomic mass is 16.3. The zero-order valence-electron chi connectivity index (χ0n) is 22.9. The summed E-state index contributed by atoms with van der Waals surface area (Å²) < 4.78 is 0. The van der Waals surface area contributed by atoms with E-state index in [1.54, 1.807) is 0 Å². The number of anilines is 2. The number of hydrogen-bond donors (Lipinski definition) is 3. The number of nitrogens with one attached hydrogen (secondary N) is 2. The third kappa shape index (κ3) is 3.45. The molecule has 4 fully saturated rings. The van der Waals surface area contributed by atoms with Gasteiger partial charge in [0, 0.05) is 0 Å². The first-order chi connectivity index (χ1) is 16.4. The van der Waals surface area contributed by atoms with Gasteiger partial charge in [0.05, 0.1) is 28.1 Å². The van der Waals surface area contributed by atoms with Crippen LogP contribution in [0.2, 0.25) is 0 Å². The van der Waals surface area contributed by atoms with E-state index in [0.29, 0.717) is 17.3 Å². The molecular weight excluding hydrogens is 430 g/mol. The van der Waals surface area contributed by atoms with Crippen molar-refractivity contribution in [1.82, 2.24) is 0 Å². The van der Waals surface area contributed by atoms with Gasteiger partial charge in [0.2, 0.25) is 0 Å². The smallest absolute Gasteiger partial charge is 0.127 e. The number of hydrogen-bond acceptors (Lipinski definition) is 3. The molecule has 1 aromatic rings. The summed E-state index contributed by atoms with van der Waals surface area (Å²) in [7, 11) is 0. The molecule has 0 aromatic heterocycles. The molecule has 8 atom stereocenters. The maximum Gasteiger partial charge on any atom is 0.127 e. The van der Waals surface area contributed by atoms with Gasteiger partial charge in [0.25, 0.3) is 0 Å². The Balaban J connectivity index is 1.32. The highest BCUT2D eigenvalue weighted by Crippen LogP contribution is 2.69. The van der Waals surface area contributed by atoms with Gasteiger partial charge >= 0.3 is 0 Å². The van der Waals surface area contributed by atoms with Gasteiger partial charge in [0.15, 0.2) is 0 Å². The molecule has 0 radical (unpaired) electrons. The highest BCUT2D eigenvalue weighted by molar-refractivity contribution is 6.09. The van der Waals surface area contributed by atoms with Gasteiger partial charge in [-0.2, -0.15) is 0 Å². The topological polar surface area (TPSA) is 56.7 Å². The summed E-state index contributed by atoms with van der Waals surface area (Å²) in [5.41, 5.74) is 2.18. The van der Waals surface area contributed by atoms with Crippen molar-refractivity contribution in [2.24, 2.45) is 39.5 Å². The second kappa shape index (κ2) is 7.49. The molecule has 4 heteroatoms. The summed E-state index contributed by atoms with van der Waals surface area (Å²) in [6.45, 7) is 13.8. The Morgan fingerprint density at radius 3 is 2.34 bits per heavy atom. The molecule has 1 heterocycles. The van der Waals surface area contributed by atoms with E-state index in [1.165, 1.54) is 50.6 Å². The zero-order chi connectivity index (χ0) is 24.9. The van der Waals surface area contributed by atoms with E-state index >= 15 is 0 Å². The molecule has 4 saturated carbocycles. The third-order valence-electron chi connectivity index (χ3n) is 11.8. The molecule has 1 spiro atoms. The van der Waals surface area contributed by atoms with Crippen LogP contribution in [0.4, 0.5) is 11.4 Å². The molecule has 1 aliphatic heterocycles. The first-order valence-electron chi connectivity index (χ1n) is 14.3. The Morgan fingerprint density at radius 1 is 0.886 bits per heavy atom. The van der Waals surface area contributed by atoms with E-state index in [1.807, 2.05) is 0 Å². The van der Waals surface area contributed by atoms with Crippen LogP contribution < -0.4 is 10.6 Å². The summed E-state index contributed by atoms with van der Waals surface area (Å²) in [4.78, 5) is 5.27. The molecule has 192 valence electrons. The summed E-state index contributed by atoms with van der Waals surface area (Å²) in [6.07, 6.45) is 10.9. The predicted octanol–water partition coefficient (Wildman–Crippen LogP) is 7.25. The molecule has 0 unspecified atom stereocenters. The van der Waals surface area contributed by atoms with Gasteiger partial charge in [0.1, 0.15) is 5.84 Å². The standard InChI is InChI=1S/C31H47N3O/c1-27(2,3)34-26-31(33-25-10-8-7-9-24(25)32-26)18-17-28(4)20(19-31)11-12-21-22(28)13-15-29(5)23(21)14-16-30(29,6)35/h7-10,20-23,33,35H,11-19H2,1-6H3,(H,32,34)/t20-,21+,22-,23-,28-,29-,30-,31-/m0/s1. The van der Waals surface area contributed by atoms with E-state index < -0.39 is 5.60 Å². The number of aliphatic imine (C=N–C) groups is 1. The minimum Gasteiger partial charge on any atom is -0.390 e. The monoisotopic (exact) mass is 477 g/mol. The molecule has 0 saturated heterocycles. The van der Waals surface area contributed by atoms with Crippen LogP contribution in [-0.2, 0) is 0 Å². The van der Waals surface area contributed by atoms with Gasteiger partial charge in [-0.15, -0.1) is 0 Å². The fourth-order valence-corrected chi connectivity index (χ4v) is 9.57. The van der Waals surface area contributed by atoms with Crippen LogP contribution in [-0.4, -0.2) is 27.6 Å². The summed E-state index contributed by atoms with van der Waals surface area (Å²) in [6, 6.07) is 8.63. The van der Waals surface area contributed by atoms with Crippen molar-refractivity contribution in [1.29, 1.82) is 0 Å². The predicted molar refractivity (Wildman–Crippen MR) is 146 cm³/mol. The van der Waals surface area contributed by atoms with E-state index in [2.05, 4.69) is 76.4 Å². The first kappa shape index (κ1) is 23.8. The molecular formula is C31H47N3O. The van der Waals surface area contributed by atoms with Crippen molar-refractivity contribution in [3.8, 4) is 0 Å². The van der Waals surface area contributed by atoms with Crippen LogP contribution in [0.5, 0.6) is 0 Å². The third-order valence-corrected chi connectivity index (χ3v) is 11.8. The van der Waals surface area contributed by atoms with Crippen molar-refractivity contribution < 1.29 is 5.11 Å². The van der Waals surface area contributed by atoms with Gasteiger partial charge in [-0.3, -0.25) is 4.99 Å². The van der Waals surface area contributed by atoms with Crippen LogP contribution in [0, 0.1) is 34.5 Å². The number of para-hydroxylation sites is 2. The lowest BCUT2D eigenvalue weighted by molar-refractivity contribution is -0.147. The first-order valence-corrected chi connectivity index (χ1v) is 14.3. The Hall–Kier alpha value is -1.55. The molecule has 4 nitrogen and oxygen atoms in total. The summed E-state index contributed by atoms with van der Waals surface area (Å²) in [5.74, 6) is 4.16. The second-order valence-corrected chi connectivity index (χ2v) is 14.6. The number of amidine groups is 1. The van der Waals surface area contributed by atoms with E-state index in [4.69, 9.17) is 4.99 Å². The normalized spacial score (nSPS) is 47.8. The number of fused-ring (bicyclic) bond motifs is 6. The van der Waals surface area contributed by atoms with E-state index in [0.717, 1.165) is 36.2 Å². The SMILES string of the molecule is CC(C)(C)N=C1Nc2ccccc2N[C@]12CC[C@@]1(C)[C@@H](CC[C@@H]3[C@@H]1CC[C@@]1(C)[C@H]3CC[C@]1(C)O)C2. The Bertz CT molecular complexity index is 1040. The lowest BCUT2D eigenvalue weighted by atomic mass is 9.43. The van der Waals surface area contributed by atoms with Crippen LogP contribution in [0.15, 0.2) is 29.3 Å². The number of nitrogens with zero attached hydrogens (tertiary/aromatic N) is 1. The molecule has 6 rings (SSSR count). The Labute approximate surface area is 212 Å². The molecule has 35 heavy (non-hydrogen) atoms. The quantitative estimate of drug-likeness (QED) is 0.369. The number of benzene rings is 1. The number of aliphatic hydroxyl groups is 1. The molecule has 0 bridgehead atoms. The van der Waals surface area contributed by atoms with Crippen molar-refractivity contribution in [3.63, 3.8) is 0 Å². The lowest BCUT2D eigenvalue weighted by Gasteiger charge is -2.63. The molecule has 0 amide bonds. The van der Waals surface area contributed by atoms with Crippen LogP contribution in [0.25, 0.3) is 0 Å². The summed E-state index contributed by atoms with van der Waals surface area (Å²) in [5, 5.41) is 19.1. The molecule has 1 aromatic carbocycles. The van der Waals surface area contributed by atoms with E-state index in [9.17, 15) is 5.11 Å². The zero-order valence-corrected chi connectivity index (χ0v) is 22.9. The van der Waals surface area contributed by atoms with Crippen LogP contribution in [0.1, 0.15) is 99.3 Å². The van der Waals surface area contributed by atoms with E-state index in [-0.39, 0.29) is 16.5 Å². The largest absolute Gasteiger partial charge is 0.390 e. The van der Waals surface area contributed by atoms with Gasteiger partial charge in [-0.05, 0) is 132 Å². The molecule has 4 aliphatic carbocycles. The van der Waals surface area contributed by atoms with Gasteiger partial charge < -0.3 is 15.7 Å². The van der Waals surface area contributed by atoms with Crippen molar-refractivity contribution in [3.05, 3.63) is 24.3 Å². The fraction of sp³-hybridized carbons (Fsp3) is 0.774. The Kier molecular flexibility index (Phi) is 5.10. The lowest BCUT2D eigenvalue weighted by Crippen LogP contribution is -2.62. The summed E-state index contributed by atoms with van der Waals surface area (Å²) >= 11 is 0. The number of rotatable bonds is 0.